The maximum absolute atomic E-state index is 5.59. The maximum atomic E-state index is 5.59. The van der Waals surface area contributed by atoms with Gasteiger partial charge in [0.15, 0.2) is 0 Å². The molecule has 0 aliphatic heterocycles. The number of rotatable bonds is 7. The van der Waals surface area contributed by atoms with E-state index in [4.69, 9.17) is 9.47 Å². The van der Waals surface area contributed by atoms with Gasteiger partial charge in [-0.2, -0.15) is 0 Å². The maximum Gasteiger partial charge on any atom is 0.142 e. The molecule has 0 aliphatic carbocycles. The number of aromatic amines is 1. The van der Waals surface area contributed by atoms with Crippen LogP contribution in [0.15, 0.2) is 30.6 Å². The summed E-state index contributed by atoms with van der Waals surface area (Å²) in [6, 6.07) is 5.77. The molecule has 2 rings (SSSR count). The van der Waals surface area contributed by atoms with Crippen LogP contribution in [0.2, 0.25) is 0 Å². The van der Waals surface area contributed by atoms with Crippen LogP contribution in [0.3, 0.4) is 0 Å². The van der Waals surface area contributed by atoms with E-state index in [1.54, 1.807) is 12.4 Å². The van der Waals surface area contributed by atoms with Crippen LogP contribution in [-0.4, -0.2) is 23.2 Å². The van der Waals surface area contributed by atoms with Crippen molar-refractivity contribution >= 4 is 5.69 Å². The third-order valence-corrected chi connectivity index (χ3v) is 2.56. The van der Waals surface area contributed by atoms with E-state index in [9.17, 15) is 0 Å². The minimum atomic E-state index is 0.614. The molecule has 1 aromatic heterocycles. The van der Waals surface area contributed by atoms with E-state index in [0.29, 0.717) is 19.8 Å². The third kappa shape index (κ3) is 3.64. The highest BCUT2D eigenvalue weighted by molar-refractivity contribution is 5.59. The second-order valence-corrected chi connectivity index (χ2v) is 3.91. The van der Waals surface area contributed by atoms with Crippen LogP contribution in [0.1, 0.15) is 19.7 Å². The molecule has 0 saturated carbocycles. The molecule has 5 heteroatoms. The van der Waals surface area contributed by atoms with Gasteiger partial charge < -0.3 is 19.8 Å². The smallest absolute Gasteiger partial charge is 0.142 e. The molecule has 0 saturated heterocycles. The lowest BCUT2D eigenvalue weighted by atomic mass is 10.2. The first-order valence-electron chi connectivity index (χ1n) is 6.45. The van der Waals surface area contributed by atoms with E-state index in [0.717, 1.165) is 23.0 Å². The number of H-pyrrole nitrogens is 1. The fraction of sp³-hybridized carbons (Fsp3) is 0.357. The number of aromatic nitrogens is 2. The Hall–Kier alpha value is -2.17. The van der Waals surface area contributed by atoms with Gasteiger partial charge in [0.25, 0.3) is 0 Å². The Morgan fingerprint density at radius 1 is 1.21 bits per heavy atom. The SMILES string of the molecule is CCOc1ccc(OCC)c(NCc2ncc[nH]2)c1. The van der Waals surface area contributed by atoms with Crippen molar-refractivity contribution in [2.75, 3.05) is 18.5 Å². The third-order valence-electron chi connectivity index (χ3n) is 2.56. The van der Waals surface area contributed by atoms with E-state index >= 15 is 0 Å². The van der Waals surface area contributed by atoms with E-state index in [1.807, 2.05) is 32.0 Å². The molecule has 1 aromatic carbocycles. The first-order chi connectivity index (χ1) is 9.33. The number of nitrogens with one attached hydrogen (secondary N) is 2. The molecule has 0 amide bonds. The van der Waals surface area contributed by atoms with E-state index in [2.05, 4.69) is 15.3 Å². The number of ether oxygens (including phenoxy) is 2. The Balaban J connectivity index is 2.11. The number of imidazole rings is 1. The summed E-state index contributed by atoms with van der Waals surface area (Å²) in [5, 5.41) is 3.30. The molecule has 2 aromatic rings. The second kappa shape index (κ2) is 6.68. The topological polar surface area (TPSA) is 59.2 Å². The molecule has 2 N–H and O–H groups in total. The Labute approximate surface area is 113 Å². The molecular formula is C14H19N3O2. The summed E-state index contributed by atoms with van der Waals surface area (Å²) < 4.78 is 11.1. The fourth-order valence-electron chi connectivity index (χ4n) is 1.76. The summed E-state index contributed by atoms with van der Waals surface area (Å²) in [5.41, 5.74) is 0.907. The predicted octanol–water partition coefficient (Wildman–Crippen LogP) is 2.82. The average molecular weight is 261 g/mol. The minimum absolute atomic E-state index is 0.614. The van der Waals surface area contributed by atoms with Crippen LogP contribution in [0.5, 0.6) is 11.5 Å². The van der Waals surface area contributed by atoms with Gasteiger partial charge in [-0.25, -0.2) is 4.98 Å². The molecule has 0 aliphatic rings. The Kier molecular flexibility index (Phi) is 4.66. The summed E-state index contributed by atoms with van der Waals surface area (Å²) in [5.74, 6) is 2.52. The van der Waals surface area contributed by atoms with E-state index < -0.39 is 0 Å². The zero-order chi connectivity index (χ0) is 13.5. The van der Waals surface area contributed by atoms with Crippen molar-refractivity contribution in [2.24, 2.45) is 0 Å². The van der Waals surface area contributed by atoms with Gasteiger partial charge in [0.1, 0.15) is 17.3 Å². The first kappa shape index (κ1) is 13.3. The van der Waals surface area contributed by atoms with Gasteiger partial charge in [-0.05, 0) is 26.0 Å². The molecule has 19 heavy (non-hydrogen) atoms. The molecule has 0 fully saturated rings. The molecule has 0 atom stereocenters. The van der Waals surface area contributed by atoms with Crippen molar-refractivity contribution in [3.05, 3.63) is 36.4 Å². The lowest BCUT2D eigenvalue weighted by Crippen LogP contribution is -2.04. The highest BCUT2D eigenvalue weighted by atomic mass is 16.5. The number of nitrogens with zero attached hydrogens (tertiary/aromatic N) is 1. The lowest BCUT2D eigenvalue weighted by Gasteiger charge is -2.13. The summed E-state index contributed by atoms with van der Waals surface area (Å²) in [7, 11) is 0. The minimum Gasteiger partial charge on any atom is -0.494 e. The molecule has 0 unspecified atom stereocenters. The highest BCUT2D eigenvalue weighted by Gasteiger charge is 2.06. The average Bonchev–Trinajstić information content (AvgIpc) is 2.92. The Morgan fingerprint density at radius 3 is 2.74 bits per heavy atom. The van der Waals surface area contributed by atoms with Crippen LogP contribution < -0.4 is 14.8 Å². The highest BCUT2D eigenvalue weighted by Crippen LogP contribution is 2.29. The van der Waals surface area contributed by atoms with E-state index in [-0.39, 0.29) is 0 Å². The van der Waals surface area contributed by atoms with Gasteiger partial charge in [0.05, 0.1) is 25.4 Å². The van der Waals surface area contributed by atoms with Crippen molar-refractivity contribution < 1.29 is 9.47 Å². The van der Waals surface area contributed by atoms with Crippen LogP contribution >= 0.6 is 0 Å². The Morgan fingerprint density at radius 2 is 2.05 bits per heavy atom. The summed E-state index contributed by atoms with van der Waals surface area (Å²) in [4.78, 5) is 7.23. The molecule has 102 valence electrons. The number of benzene rings is 1. The second-order valence-electron chi connectivity index (χ2n) is 3.91. The summed E-state index contributed by atoms with van der Waals surface area (Å²) in [6.07, 6.45) is 3.54. The van der Waals surface area contributed by atoms with Crippen LogP contribution in [0.4, 0.5) is 5.69 Å². The summed E-state index contributed by atoms with van der Waals surface area (Å²) >= 11 is 0. The molecule has 0 radical (unpaired) electrons. The predicted molar refractivity (Wildman–Crippen MR) is 74.7 cm³/mol. The number of hydrogen-bond acceptors (Lipinski definition) is 4. The van der Waals surface area contributed by atoms with Crippen LogP contribution in [0, 0.1) is 0 Å². The van der Waals surface area contributed by atoms with E-state index in [1.165, 1.54) is 0 Å². The molecule has 5 nitrogen and oxygen atoms in total. The van der Waals surface area contributed by atoms with Crippen molar-refractivity contribution in [3.63, 3.8) is 0 Å². The molecule has 0 spiro atoms. The van der Waals surface area contributed by atoms with Crippen molar-refractivity contribution in [1.82, 2.24) is 9.97 Å². The Bertz CT molecular complexity index is 497. The van der Waals surface area contributed by atoms with Crippen LogP contribution in [0.25, 0.3) is 0 Å². The quantitative estimate of drug-likeness (QED) is 0.804. The summed E-state index contributed by atoms with van der Waals surface area (Å²) in [6.45, 7) is 5.82. The monoisotopic (exact) mass is 261 g/mol. The zero-order valence-electron chi connectivity index (χ0n) is 11.3. The van der Waals surface area contributed by atoms with Crippen molar-refractivity contribution in [3.8, 4) is 11.5 Å². The van der Waals surface area contributed by atoms with Gasteiger partial charge in [-0.15, -0.1) is 0 Å². The zero-order valence-corrected chi connectivity index (χ0v) is 11.3. The number of hydrogen-bond donors (Lipinski definition) is 2. The van der Waals surface area contributed by atoms with Crippen molar-refractivity contribution in [1.29, 1.82) is 0 Å². The molecule has 1 heterocycles. The van der Waals surface area contributed by atoms with Gasteiger partial charge in [-0.3, -0.25) is 0 Å². The van der Waals surface area contributed by atoms with Crippen LogP contribution in [-0.2, 0) is 6.54 Å². The molecule has 0 bridgehead atoms. The number of anilines is 1. The van der Waals surface area contributed by atoms with Gasteiger partial charge in [0, 0.05) is 18.5 Å². The van der Waals surface area contributed by atoms with Gasteiger partial charge in [0.2, 0.25) is 0 Å². The largest absolute Gasteiger partial charge is 0.494 e. The first-order valence-corrected chi connectivity index (χ1v) is 6.45. The van der Waals surface area contributed by atoms with Gasteiger partial charge in [-0.1, -0.05) is 0 Å². The van der Waals surface area contributed by atoms with Gasteiger partial charge >= 0.3 is 0 Å². The normalized spacial score (nSPS) is 10.2. The lowest BCUT2D eigenvalue weighted by molar-refractivity contribution is 0.332. The van der Waals surface area contributed by atoms with Crippen molar-refractivity contribution in [2.45, 2.75) is 20.4 Å². The fourth-order valence-corrected chi connectivity index (χ4v) is 1.76. The molecular weight excluding hydrogens is 242 g/mol. The standard InChI is InChI=1S/C14H19N3O2/c1-3-18-11-5-6-13(19-4-2)12(9-11)17-10-14-15-7-8-16-14/h5-9,17H,3-4,10H2,1-2H3,(H,15,16).